The maximum absolute atomic E-state index is 12.3. The fourth-order valence-electron chi connectivity index (χ4n) is 3.19. The Morgan fingerprint density at radius 3 is 2.11 bits per heavy atom. The van der Waals surface area contributed by atoms with E-state index >= 15 is 0 Å². The second-order valence-electron chi connectivity index (χ2n) is 5.85. The number of hydrogen-bond donors (Lipinski definition) is 3. The summed E-state index contributed by atoms with van der Waals surface area (Å²) in [6.45, 7) is 0.363. The van der Waals surface area contributed by atoms with Gasteiger partial charge in [-0.05, 0) is 25.7 Å². The van der Waals surface area contributed by atoms with E-state index < -0.39 is 16.9 Å². The zero-order valence-corrected chi connectivity index (χ0v) is 10.7. The van der Waals surface area contributed by atoms with Crippen molar-refractivity contribution in [2.75, 3.05) is 6.54 Å². The van der Waals surface area contributed by atoms with Crippen molar-refractivity contribution in [1.29, 1.82) is 0 Å². The lowest BCUT2D eigenvalue weighted by atomic mass is 9.67. The van der Waals surface area contributed by atoms with Gasteiger partial charge >= 0.3 is 5.97 Å². The van der Waals surface area contributed by atoms with Gasteiger partial charge in [0.15, 0.2) is 0 Å². The average Bonchev–Trinajstić information content (AvgIpc) is 2.64. The third-order valence-corrected chi connectivity index (χ3v) is 4.61. The van der Waals surface area contributed by atoms with Crippen molar-refractivity contribution < 1.29 is 14.7 Å². The van der Waals surface area contributed by atoms with Gasteiger partial charge in [0.2, 0.25) is 5.91 Å². The fraction of sp³-hybridized carbons (Fsp3) is 0.846. The van der Waals surface area contributed by atoms with E-state index in [0.717, 1.165) is 44.9 Å². The Balaban J connectivity index is 2.05. The highest BCUT2D eigenvalue weighted by atomic mass is 16.4. The Morgan fingerprint density at radius 2 is 1.72 bits per heavy atom. The number of carbonyl (C=O) groups is 2. The molecular formula is C13H22N2O3. The van der Waals surface area contributed by atoms with Gasteiger partial charge in [0, 0.05) is 6.54 Å². The minimum Gasteiger partial charge on any atom is -0.481 e. The molecule has 0 radical (unpaired) electrons. The Hall–Kier alpha value is -1.10. The molecule has 5 nitrogen and oxygen atoms in total. The molecule has 0 heterocycles. The summed E-state index contributed by atoms with van der Waals surface area (Å²) in [7, 11) is 0. The van der Waals surface area contributed by atoms with Crippen LogP contribution >= 0.6 is 0 Å². The topological polar surface area (TPSA) is 92.4 Å². The van der Waals surface area contributed by atoms with Crippen molar-refractivity contribution in [3.63, 3.8) is 0 Å². The van der Waals surface area contributed by atoms with Gasteiger partial charge in [-0.3, -0.25) is 9.59 Å². The maximum atomic E-state index is 12.3. The van der Waals surface area contributed by atoms with Crippen molar-refractivity contribution in [3.05, 3.63) is 0 Å². The van der Waals surface area contributed by atoms with Crippen LogP contribution in [0.5, 0.6) is 0 Å². The molecule has 0 aromatic rings. The number of carboxylic acids is 1. The zero-order chi connectivity index (χ0) is 13.2. The lowest BCUT2D eigenvalue weighted by molar-refractivity contribution is -0.141. The van der Waals surface area contributed by atoms with E-state index in [1.807, 2.05) is 0 Å². The van der Waals surface area contributed by atoms with Gasteiger partial charge in [-0.1, -0.05) is 19.3 Å². The molecule has 0 aromatic carbocycles. The maximum Gasteiger partial charge on any atom is 0.305 e. The van der Waals surface area contributed by atoms with Crippen LogP contribution in [-0.4, -0.2) is 29.1 Å². The fourth-order valence-corrected chi connectivity index (χ4v) is 3.19. The summed E-state index contributed by atoms with van der Waals surface area (Å²) in [4.78, 5) is 23.3. The monoisotopic (exact) mass is 254 g/mol. The second-order valence-corrected chi connectivity index (χ2v) is 5.85. The van der Waals surface area contributed by atoms with Gasteiger partial charge < -0.3 is 16.2 Å². The summed E-state index contributed by atoms with van der Waals surface area (Å²) in [5, 5.41) is 12.0. The summed E-state index contributed by atoms with van der Waals surface area (Å²) < 4.78 is 0. The average molecular weight is 254 g/mol. The molecule has 0 bridgehead atoms. The predicted molar refractivity (Wildman–Crippen MR) is 66.9 cm³/mol. The van der Waals surface area contributed by atoms with Gasteiger partial charge in [-0.15, -0.1) is 0 Å². The third-order valence-electron chi connectivity index (χ3n) is 4.61. The molecule has 0 aliphatic heterocycles. The second kappa shape index (κ2) is 4.88. The highest BCUT2D eigenvalue weighted by molar-refractivity contribution is 5.85. The van der Waals surface area contributed by atoms with E-state index in [9.17, 15) is 9.59 Å². The third kappa shape index (κ3) is 2.36. The highest BCUT2D eigenvalue weighted by Gasteiger charge is 2.47. The van der Waals surface area contributed by atoms with Crippen LogP contribution in [0.2, 0.25) is 0 Å². The van der Waals surface area contributed by atoms with E-state index in [-0.39, 0.29) is 12.3 Å². The van der Waals surface area contributed by atoms with Crippen LogP contribution in [0.15, 0.2) is 0 Å². The molecule has 0 atom stereocenters. The van der Waals surface area contributed by atoms with E-state index in [4.69, 9.17) is 10.8 Å². The summed E-state index contributed by atoms with van der Waals surface area (Å²) in [6.07, 6.45) is 6.25. The first kappa shape index (κ1) is 13.3. The summed E-state index contributed by atoms with van der Waals surface area (Å²) in [5.74, 6) is -0.869. The molecular weight excluding hydrogens is 232 g/mol. The number of hydrogen-bond acceptors (Lipinski definition) is 3. The van der Waals surface area contributed by atoms with Crippen molar-refractivity contribution in [1.82, 2.24) is 5.32 Å². The normalized spacial score (nSPS) is 24.3. The molecule has 102 valence electrons. The number of aliphatic carboxylic acids is 1. The minimum atomic E-state index is -0.840. The predicted octanol–water partition coefficient (Wildman–Crippen LogP) is 1.02. The van der Waals surface area contributed by atoms with Gasteiger partial charge in [-0.25, -0.2) is 0 Å². The SMILES string of the molecule is NCC1(C(=O)NC2(CC(=O)O)CCCC2)CCC1. The van der Waals surface area contributed by atoms with Crippen LogP contribution < -0.4 is 11.1 Å². The van der Waals surface area contributed by atoms with Gasteiger partial charge in [0.1, 0.15) is 0 Å². The standard InChI is InChI=1S/C13H22N2O3/c14-9-12(4-3-5-12)11(18)15-13(8-10(16)17)6-1-2-7-13/h1-9,14H2,(H,15,18)(H,16,17). The molecule has 2 aliphatic rings. The lowest BCUT2D eigenvalue weighted by Gasteiger charge is -2.42. The molecule has 0 aromatic heterocycles. The van der Waals surface area contributed by atoms with Crippen LogP contribution in [0, 0.1) is 5.41 Å². The molecule has 0 spiro atoms. The van der Waals surface area contributed by atoms with Crippen molar-refractivity contribution in [3.8, 4) is 0 Å². The first-order chi connectivity index (χ1) is 8.52. The quantitative estimate of drug-likeness (QED) is 0.683. The van der Waals surface area contributed by atoms with E-state index in [2.05, 4.69) is 5.32 Å². The largest absolute Gasteiger partial charge is 0.481 e. The first-order valence-corrected chi connectivity index (χ1v) is 6.76. The van der Waals surface area contributed by atoms with Crippen LogP contribution in [-0.2, 0) is 9.59 Å². The summed E-state index contributed by atoms with van der Waals surface area (Å²) >= 11 is 0. The number of nitrogens with one attached hydrogen (secondary N) is 1. The number of nitrogens with two attached hydrogens (primary N) is 1. The van der Waals surface area contributed by atoms with Crippen LogP contribution in [0.4, 0.5) is 0 Å². The summed E-state index contributed by atoms with van der Waals surface area (Å²) in [5.41, 5.74) is 4.76. The van der Waals surface area contributed by atoms with Crippen LogP contribution in [0.25, 0.3) is 0 Å². The first-order valence-electron chi connectivity index (χ1n) is 6.76. The molecule has 1 amide bonds. The molecule has 18 heavy (non-hydrogen) atoms. The van der Waals surface area contributed by atoms with Crippen molar-refractivity contribution in [2.45, 2.75) is 56.9 Å². The smallest absolute Gasteiger partial charge is 0.305 e. The molecule has 2 rings (SSSR count). The van der Waals surface area contributed by atoms with Crippen LogP contribution in [0.3, 0.4) is 0 Å². The highest BCUT2D eigenvalue weighted by Crippen LogP contribution is 2.42. The van der Waals surface area contributed by atoms with E-state index in [1.54, 1.807) is 0 Å². The number of carbonyl (C=O) groups excluding carboxylic acids is 1. The number of amides is 1. The number of carboxylic acid groups (broad SMARTS) is 1. The Labute approximate surface area is 107 Å². The molecule has 0 unspecified atom stereocenters. The molecule has 2 saturated carbocycles. The molecule has 2 fully saturated rings. The number of rotatable bonds is 5. The minimum absolute atomic E-state index is 0.0272. The molecule has 2 aliphatic carbocycles. The van der Waals surface area contributed by atoms with Crippen molar-refractivity contribution >= 4 is 11.9 Å². The van der Waals surface area contributed by atoms with E-state index in [0.29, 0.717) is 6.54 Å². The van der Waals surface area contributed by atoms with Gasteiger partial charge in [0.05, 0.1) is 17.4 Å². The Kier molecular flexibility index (Phi) is 3.61. The molecule has 0 saturated heterocycles. The van der Waals surface area contributed by atoms with Crippen molar-refractivity contribution in [2.24, 2.45) is 11.1 Å². The Morgan fingerprint density at radius 1 is 1.11 bits per heavy atom. The zero-order valence-electron chi connectivity index (χ0n) is 10.7. The lowest BCUT2D eigenvalue weighted by Crippen LogP contribution is -2.57. The van der Waals surface area contributed by atoms with Crippen LogP contribution in [0.1, 0.15) is 51.4 Å². The molecule has 5 heteroatoms. The summed E-state index contributed by atoms with van der Waals surface area (Å²) in [6, 6.07) is 0. The van der Waals surface area contributed by atoms with Gasteiger partial charge in [-0.2, -0.15) is 0 Å². The molecule has 4 N–H and O–H groups in total. The Bertz CT molecular complexity index is 339. The van der Waals surface area contributed by atoms with Gasteiger partial charge in [0.25, 0.3) is 0 Å². The van der Waals surface area contributed by atoms with E-state index in [1.165, 1.54) is 0 Å².